The van der Waals surface area contributed by atoms with Crippen LogP contribution in [0.15, 0.2) is 0 Å². The molecule has 1 saturated heterocycles. The zero-order valence-corrected chi connectivity index (χ0v) is 5.91. The Morgan fingerprint density at radius 1 is 1.64 bits per heavy atom. The third-order valence-corrected chi connectivity index (χ3v) is 1.49. The van der Waals surface area contributed by atoms with Crippen molar-refractivity contribution in [1.82, 2.24) is 10.2 Å². The highest BCUT2D eigenvalue weighted by molar-refractivity contribution is 6.26. The van der Waals surface area contributed by atoms with Crippen molar-refractivity contribution < 1.29 is 9.59 Å². The molecule has 0 bridgehead atoms. The molecule has 4 radical (unpaired) electrons. The van der Waals surface area contributed by atoms with Crippen LogP contribution in [0.5, 0.6) is 0 Å². The van der Waals surface area contributed by atoms with E-state index in [1.807, 2.05) is 0 Å². The van der Waals surface area contributed by atoms with Crippen molar-refractivity contribution in [1.29, 1.82) is 0 Å². The zero-order chi connectivity index (χ0) is 8.43. The minimum Gasteiger partial charge on any atom is -0.333 e. The number of urea groups is 1. The van der Waals surface area contributed by atoms with E-state index in [4.69, 9.17) is 15.7 Å². The second kappa shape index (κ2) is 2.98. The van der Waals surface area contributed by atoms with Gasteiger partial charge in [-0.2, -0.15) is 0 Å². The van der Waals surface area contributed by atoms with E-state index in [0.717, 1.165) is 0 Å². The highest BCUT2D eigenvalue weighted by atomic mass is 16.2. The van der Waals surface area contributed by atoms with Gasteiger partial charge in [0.15, 0.2) is 0 Å². The third-order valence-electron chi connectivity index (χ3n) is 1.49. The van der Waals surface area contributed by atoms with Crippen molar-refractivity contribution >= 4 is 27.6 Å². The first-order valence-electron chi connectivity index (χ1n) is 3.20. The molecule has 1 fully saturated rings. The number of imide groups is 1. The van der Waals surface area contributed by atoms with Gasteiger partial charge < -0.3 is 4.90 Å². The second-order valence-electron chi connectivity index (χ2n) is 2.31. The van der Waals surface area contributed by atoms with Crippen LogP contribution in [0, 0.1) is 0 Å². The van der Waals surface area contributed by atoms with Crippen molar-refractivity contribution in [3.05, 3.63) is 0 Å². The standard InChI is InChI=1S/C5H6B2N2O2/c6-2-9-1-3(7)4(10)8-5(9)11/h3H,1-2H2,(H,8,10,11). The Balaban J connectivity index is 2.62. The summed E-state index contributed by atoms with van der Waals surface area (Å²) in [5.74, 6) is -1.10. The van der Waals surface area contributed by atoms with Crippen LogP contribution in [0.2, 0.25) is 5.82 Å². The molecule has 3 amide bonds. The predicted molar refractivity (Wildman–Crippen MR) is 40.4 cm³/mol. The average molecular weight is 148 g/mol. The lowest BCUT2D eigenvalue weighted by atomic mass is 9.84. The molecular formula is C5H6B2N2O2. The zero-order valence-electron chi connectivity index (χ0n) is 5.91. The van der Waals surface area contributed by atoms with Gasteiger partial charge in [0.1, 0.15) is 0 Å². The van der Waals surface area contributed by atoms with Gasteiger partial charge in [-0.3, -0.25) is 10.1 Å². The molecule has 0 aliphatic carbocycles. The Labute approximate surface area is 67.1 Å². The molecule has 1 heterocycles. The van der Waals surface area contributed by atoms with Gasteiger partial charge in [-0.15, -0.1) is 0 Å². The molecule has 4 nitrogen and oxygen atoms in total. The molecule has 0 aromatic heterocycles. The lowest BCUT2D eigenvalue weighted by Gasteiger charge is -2.29. The Kier molecular flexibility index (Phi) is 2.22. The minimum atomic E-state index is -0.656. The Morgan fingerprint density at radius 3 is 2.82 bits per heavy atom. The molecule has 11 heavy (non-hydrogen) atoms. The molecule has 1 aliphatic heterocycles. The largest absolute Gasteiger partial charge is 0.333 e. The Bertz CT molecular complexity index is 197. The topological polar surface area (TPSA) is 49.4 Å². The van der Waals surface area contributed by atoms with Crippen LogP contribution < -0.4 is 5.32 Å². The maximum absolute atomic E-state index is 10.8. The monoisotopic (exact) mass is 148 g/mol. The van der Waals surface area contributed by atoms with Crippen molar-refractivity contribution in [3.8, 4) is 0 Å². The molecule has 0 aromatic carbocycles. The lowest BCUT2D eigenvalue weighted by molar-refractivity contribution is -0.121. The van der Waals surface area contributed by atoms with Crippen LogP contribution in [-0.4, -0.2) is 45.5 Å². The summed E-state index contributed by atoms with van der Waals surface area (Å²) in [6.45, 7) is 0.196. The van der Waals surface area contributed by atoms with E-state index in [-0.39, 0.29) is 13.0 Å². The first kappa shape index (κ1) is 8.17. The predicted octanol–water partition coefficient (Wildman–Crippen LogP) is -1.38. The average Bonchev–Trinajstić information content (AvgIpc) is 1.97. The number of carbonyl (C=O) groups excluding carboxylic acids is 2. The molecule has 0 spiro atoms. The molecule has 0 saturated carbocycles. The fourth-order valence-electron chi connectivity index (χ4n) is 0.838. The quantitative estimate of drug-likeness (QED) is 0.465. The summed E-state index contributed by atoms with van der Waals surface area (Å²) in [6.07, 6.45) is 0.0762. The normalized spacial score (nSPS) is 25.1. The molecule has 1 atom stereocenters. The van der Waals surface area contributed by atoms with E-state index in [9.17, 15) is 9.59 Å². The van der Waals surface area contributed by atoms with Gasteiger partial charge >= 0.3 is 6.03 Å². The van der Waals surface area contributed by atoms with Gasteiger partial charge in [-0.05, 0) is 6.44 Å². The number of hydrogen-bond donors (Lipinski definition) is 1. The van der Waals surface area contributed by atoms with Crippen molar-refractivity contribution in [3.63, 3.8) is 0 Å². The molecule has 0 aromatic rings. The summed E-state index contributed by atoms with van der Waals surface area (Å²) in [4.78, 5) is 22.9. The number of amides is 3. The summed E-state index contributed by atoms with van der Waals surface area (Å²) in [5, 5.41) is 2.07. The summed E-state index contributed by atoms with van der Waals surface area (Å²) in [5.41, 5.74) is 0. The summed E-state index contributed by atoms with van der Waals surface area (Å²) in [7, 11) is 10.5. The van der Waals surface area contributed by atoms with Crippen LogP contribution in [-0.2, 0) is 4.79 Å². The number of rotatable bonds is 1. The van der Waals surface area contributed by atoms with Crippen LogP contribution >= 0.6 is 0 Å². The fraction of sp³-hybridized carbons (Fsp3) is 0.600. The summed E-state index contributed by atoms with van der Waals surface area (Å²) in [6, 6.07) is -0.473. The first-order chi connectivity index (χ1) is 5.15. The van der Waals surface area contributed by atoms with Gasteiger partial charge in [0.2, 0.25) is 5.91 Å². The van der Waals surface area contributed by atoms with E-state index >= 15 is 0 Å². The fourth-order valence-corrected chi connectivity index (χ4v) is 0.838. The number of hydrogen-bond acceptors (Lipinski definition) is 2. The summed E-state index contributed by atoms with van der Waals surface area (Å²) < 4.78 is 0. The van der Waals surface area contributed by atoms with E-state index in [1.165, 1.54) is 4.90 Å². The van der Waals surface area contributed by atoms with Crippen LogP contribution in [0.25, 0.3) is 0 Å². The van der Waals surface area contributed by atoms with E-state index in [0.29, 0.717) is 0 Å². The lowest BCUT2D eigenvalue weighted by Crippen LogP contribution is -2.52. The van der Waals surface area contributed by atoms with Gasteiger partial charge in [0.25, 0.3) is 0 Å². The third kappa shape index (κ3) is 1.56. The molecule has 1 unspecified atom stereocenters. The number of carbonyl (C=O) groups is 2. The van der Waals surface area contributed by atoms with Crippen LogP contribution in [0.1, 0.15) is 0 Å². The maximum atomic E-state index is 10.8. The van der Waals surface area contributed by atoms with Crippen molar-refractivity contribution in [2.24, 2.45) is 0 Å². The summed E-state index contributed by atoms with van der Waals surface area (Å²) >= 11 is 0. The molecular weight excluding hydrogens is 142 g/mol. The van der Waals surface area contributed by atoms with Crippen molar-refractivity contribution in [2.75, 3.05) is 13.0 Å². The number of nitrogens with one attached hydrogen (secondary N) is 1. The Hall–Kier alpha value is -0.930. The maximum Gasteiger partial charge on any atom is 0.323 e. The van der Waals surface area contributed by atoms with E-state index < -0.39 is 17.8 Å². The Morgan fingerprint density at radius 2 is 2.27 bits per heavy atom. The molecule has 1 rings (SSSR count). The van der Waals surface area contributed by atoms with Gasteiger partial charge in [-0.25, -0.2) is 4.79 Å². The highest BCUT2D eigenvalue weighted by Gasteiger charge is 2.26. The smallest absolute Gasteiger partial charge is 0.323 e. The number of nitrogens with zero attached hydrogens (tertiary/aromatic N) is 1. The van der Waals surface area contributed by atoms with Gasteiger partial charge in [-0.1, -0.05) is 0 Å². The highest BCUT2D eigenvalue weighted by Crippen LogP contribution is 2.07. The van der Waals surface area contributed by atoms with E-state index in [2.05, 4.69) is 5.32 Å². The van der Waals surface area contributed by atoms with Crippen LogP contribution in [0.3, 0.4) is 0 Å². The second-order valence-corrected chi connectivity index (χ2v) is 2.31. The molecule has 1 N–H and O–H groups in total. The van der Waals surface area contributed by atoms with Crippen molar-refractivity contribution in [2.45, 2.75) is 5.82 Å². The molecule has 6 heteroatoms. The molecule has 1 aliphatic rings. The minimum absolute atomic E-state index is 0.0762. The van der Waals surface area contributed by atoms with Gasteiger partial charge in [0.05, 0.1) is 15.7 Å². The van der Waals surface area contributed by atoms with E-state index in [1.54, 1.807) is 0 Å². The SMILES string of the molecule is [B]CN1CC([B])C(=O)NC1=O. The molecule has 54 valence electrons. The van der Waals surface area contributed by atoms with Crippen LogP contribution in [0.4, 0.5) is 4.79 Å². The first-order valence-corrected chi connectivity index (χ1v) is 3.20. The van der Waals surface area contributed by atoms with Gasteiger partial charge in [0, 0.05) is 12.4 Å².